The zero-order valence-electron chi connectivity index (χ0n) is 11.4. The predicted molar refractivity (Wildman–Crippen MR) is 70.6 cm³/mol. The third-order valence-electron chi connectivity index (χ3n) is 2.67. The molecular formula is C13H19N3O3. The topological polar surface area (TPSA) is 82.5 Å². The molecule has 104 valence electrons. The van der Waals surface area contributed by atoms with Crippen LogP contribution in [0.1, 0.15) is 18.3 Å². The van der Waals surface area contributed by atoms with Crippen molar-refractivity contribution in [2.45, 2.75) is 20.4 Å². The van der Waals surface area contributed by atoms with Crippen molar-refractivity contribution in [2.24, 2.45) is 5.92 Å². The van der Waals surface area contributed by atoms with Crippen molar-refractivity contribution in [2.75, 3.05) is 13.6 Å². The first-order chi connectivity index (χ1) is 8.90. The van der Waals surface area contributed by atoms with Gasteiger partial charge in [-0.3, -0.25) is 9.78 Å². The SMILES string of the molecule is Cc1cccc(CN(C)C(=O)NCC(C)C(=O)O)n1. The predicted octanol–water partition coefficient (Wildman–Crippen LogP) is 1.25. The van der Waals surface area contributed by atoms with E-state index in [1.165, 1.54) is 4.90 Å². The van der Waals surface area contributed by atoms with Crippen LogP contribution in [0.3, 0.4) is 0 Å². The normalized spacial score (nSPS) is 11.7. The number of nitrogens with zero attached hydrogens (tertiary/aromatic N) is 2. The lowest BCUT2D eigenvalue weighted by Gasteiger charge is -2.18. The Kier molecular flexibility index (Phi) is 5.29. The maximum absolute atomic E-state index is 11.8. The number of hydrogen-bond acceptors (Lipinski definition) is 3. The lowest BCUT2D eigenvalue weighted by molar-refractivity contribution is -0.140. The van der Waals surface area contributed by atoms with Gasteiger partial charge in [0.05, 0.1) is 18.2 Å². The summed E-state index contributed by atoms with van der Waals surface area (Å²) >= 11 is 0. The smallest absolute Gasteiger partial charge is 0.317 e. The summed E-state index contributed by atoms with van der Waals surface area (Å²) < 4.78 is 0. The number of aryl methyl sites for hydroxylation is 1. The molecular weight excluding hydrogens is 246 g/mol. The van der Waals surface area contributed by atoms with Gasteiger partial charge in [-0.1, -0.05) is 13.0 Å². The van der Waals surface area contributed by atoms with Gasteiger partial charge in [-0.05, 0) is 19.1 Å². The highest BCUT2D eigenvalue weighted by molar-refractivity contribution is 5.75. The van der Waals surface area contributed by atoms with Gasteiger partial charge in [-0.2, -0.15) is 0 Å². The second-order valence-electron chi connectivity index (χ2n) is 4.55. The number of aromatic nitrogens is 1. The van der Waals surface area contributed by atoms with E-state index in [4.69, 9.17) is 5.11 Å². The Morgan fingerprint density at radius 3 is 2.74 bits per heavy atom. The number of amides is 2. The van der Waals surface area contributed by atoms with Crippen molar-refractivity contribution in [3.05, 3.63) is 29.6 Å². The van der Waals surface area contributed by atoms with Crippen LogP contribution in [0, 0.1) is 12.8 Å². The van der Waals surface area contributed by atoms with Crippen LogP contribution in [0.5, 0.6) is 0 Å². The monoisotopic (exact) mass is 265 g/mol. The molecule has 0 bridgehead atoms. The zero-order chi connectivity index (χ0) is 14.4. The Hall–Kier alpha value is -2.11. The Labute approximate surface area is 112 Å². The number of aliphatic carboxylic acids is 1. The van der Waals surface area contributed by atoms with Crippen molar-refractivity contribution >= 4 is 12.0 Å². The van der Waals surface area contributed by atoms with Crippen LogP contribution in [0.2, 0.25) is 0 Å². The van der Waals surface area contributed by atoms with E-state index >= 15 is 0 Å². The van der Waals surface area contributed by atoms with Gasteiger partial charge in [0.25, 0.3) is 0 Å². The summed E-state index contributed by atoms with van der Waals surface area (Å²) in [6.45, 7) is 3.93. The number of nitrogens with one attached hydrogen (secondary N) is 1. The van der Waals surface area contributed by atoms with E-state index in [1.807, 2.05) is 25.1 Å². The van der Waals surface area contributed by atoms with E-state index in [2.05, 4.69) is 10.3 Å². The van der Waals surface area contributed by atoms with Crippen molar-refractivity contribution in [3.63, 3.8) is 0 Å². The Bertz CT molecular complexity index is 462. The average molecular weight is 265 g/mol. The van der Waals surface area contributed by atoms with E-state index in [-0.39, 0.29) is 12.6 Å². The second kappa shape index (κ2) is 6.72. The molecule has 0 saturated carbocycles. The maximum Gasteiger partial charge on any atom is 0.317 e. The molecule has 1 aromatic heterocycles. The summed E-state index contributed by atoms with van der Waals surface area (Å²) in [5.41, 5.74) is 1.69. The molecule has 0 fully saturated rings. The van der Waals surface area contributed by atoms with Crippen LogP contribution in [-0.4, -0.2) is 40.6 Å². The van der Waals surface area contributed by atoms with Crippen LogP contribution in [-0.2, 0) is 11.3 Å². The molecule has 0 aliphatic carbocycles. The Morgan fingerprint density at radius 1 is 1.47 bits per heavy atom. The summed E-state index contributed by atoms with van der Waals surface area (Å²) in [4.78, 5) is 28.2. The summed E-state index contributed by atoms with van der Waals surface area (Å²) in [6, 6.07) is 5.31. The largest absolute Gasteiger partial charge is 0.481 e. The minimum Gasteiger partial charge on any atom is -0.481 e. The van der Waals surface area contributed by atoms with Gasteiger partial charge >= 0.3 is 12.0 Å². The van der Waals surface area contributed by atoms with Crippen LogP contribution in [0.15, 0.2) is 18.2 Å². The summed E-state index contributed by atoms with van der Waals surface area (Å²) in [5.74, 6) is -1.53. The molecule has 2 amide bonds. The van der Waals surface area contributed by atoms with Gasteiger partial charge in [0.1, 0.15) is 0 Å². The number of carboxylic acid groups (broad SMARTS) is 1. The molecule has 0 radical (unpaired) electrons. The number of rotatable bonds is 5. The van der Waals surface area contributed by atoms with Crippen LogP contribution < -0.4 is 5.32 Å². The fourth-order valence-electron chi connectivity index (χ4n) is 1.47. The molecule has 6 heteroatoms. The number of carboxylic acids is 1. The first-order valence-corrected chi connectivity index (χ1v) is 6.04. The number of carbonyl (C=O) groups excluding carboxylic acids is 1. The number of carbonyl (C=O) groups is 2. The lowest BCUT2D eigenvalue weighted by atomic mass is 10.2. The van der Waals surface area contributed by atoms with E-state index in [1.54, 1.807) is 14.0 Å². The van der Waals surface area contributed by atoms with Gasteiger partial charge in [0, 0.05) is 19.3 Å². The highest BCUT2D eigenvalue weighted by atomic mass is 16.4. The molecule has 19 heavy (non-hydrogen) atoms. The first-order valence-electron chi connectivity index (χ1n) is 6.04. The highest BCUT2D eigenvalue weighted by Crippen LogP contribution is 2.02. The van der Waals surface area contributed by atoms with Gasteiger partial charge in [-0.15, -0.1) is 0 Å². The second-order valence-corrected chi connectivity index (χ2v) is 4.55. The van der Waals surface area contributed by atoms with E-state index < -0.39 is 11.9 Å². The Morgan fingerprint density at radius 2 is 2.16 bits per heavy atom. The molecule has 1 unspecified atom stereocenters. The fraction of sp³-hybridized carbons (Fsp3) is 0.462. The quantitative estimate of drug-likeness (QED) is 0.839. The first kappa shape index (κ1) is 14.9. The molecule has 1 heterocycles. The van der Waals surface area contributed by atoms with Gasteiger partial charge in [-0.25, -0.2) is 4.79 Å². The van der Waals surface area contributed by atoms with Crippen LogP contribution in [0.4, 0.5) is 4.79 Å². The minimum absolute atomic E-state index is 0.111. The molecule has 0 spiro atoms. The van der Waals surface area contributed by atoms with Crippen molar-refractivity contribution < 1.29 is 14.7 Å². The molecule has 2 N–H and O–H groups in total. The van der Waals surface area contributed by atoms with Crippen molar-refractivity contribution in [3.8, 4) is 0 Å². The van der Waals surface area contributed by atoms with E-state index in [9.17, 15) is 9.59 Å². The standard InChI is InChI=1S/C13H19N3O3/c1-9(12(17)18)7-14-13(19)16(3)8-11-6-4-5-10(2)15-11/h4-6,9H,7-8H2,1-3H3,(H,14,19)(H,17,18). The molecule has 0 aromatic carbocycles. The molecule has 1 atom stereocenters. The lowest BCUT2D eigenvalue weighted by Crippen LogP contribution is -2.40. The number of hydrogen-bond donors (Lipinski definition) is 2. The number of urea groups is 1. The van der Waals surface area contributed by atoms with Crippen molar-refractivity contribution in [1.82, 2.24) is 15.2 Å². The molecule has 0 saturated heterocycles. The van der Waals surface area contributed by atoms with E-state index in [0.717, 1.165) is 11.4 Å². The Balaban J connectivity index is 2.47. The highest BCUT2D eigenvalue weighted by Gasteiger charge is 2.14. The molecule has 6 nitrogen and oxygen atoms in total. The summed E-state index contributed by atoms with van der Waals surface area (Å²) in [6.07, 6.45) is 0. The zero-order valence-corrected chi connectivity index (χ0v) is 11.4. The van der Waals surface area contributed by atoms with Gasteiger partial charge in [0.2, 0.25) is 0 Å². The third-order valence-corrected chi connectivity index (χ3v) is 2.67. The van der Waals surface area contributed by atoms with Gasteiger partial charge < -0.3 is 15.3 Å². The molecule has 0 aliphatic heterocycles. The van der Waals surface area contributed by atoms with Crippen LogP contribution >= 0.6 is 0 Å². The van der Waals surface area contributed by atoms with Gasteiger partial charge in [0.15, 0.2) is 0 Å². The van der Waals surface area contributed by atoms with Crippen molar-refractivity contribution in [1.29, 1.82) is 0 Å². The summed E-state index contributed by atoms with van der Waals surface area (Å²) in [5, 5.41) is 11.3. The summed E-state index contributed by atoms with van der Waals surface area (Å²) in [7, 11) is 1.64. The molecule has 1 rings (SSSR count). The molecule has 1 aromatic rings. The fourth-order valence-corrected chi connectivity index (χ4v) is 1.47. The number of pyridine rings is 1. The third kappa shape index (κ3) is 4.95. The van der Waals surface area contributed by atoms with E-state index in [0.29, 0.717) is 6.54 Å². The maximum atomic E-state index is 11.8. The minimum atomic E-state index is -0.927. The molecule has 0 aliphatic rings. The average Bonchev–Trinajstić information content (AvgIpc) is 2.35. The van der Waals surface area contributed by atoms with Crippen LogP contribution in [0.25, 0.3) is 0 Å².